The van der Waals surface area contributed by atoms with E-state index < -0.39 is 0 Å². The van der Waals surface area contributed by atoms with Crippen molar-refractivity contribution in [3.05, 3.63) is 40.9 Å². The van der Waals surface area contributed by atoms with Crippen molar-refractivity contribution in [3.8, 4) is 0 Å². The van der Waals surface area contributed by atoms with Crippen LogP contribution in [0.1, 0.15) is 13.0 Å². The number of para-hydroxylation sites is 1. The number of aromatic nitrogens is 2. The number of hydroxylamine groups is 1. The predicted molar refractivity (Wildman–Crippen MR) is 70.8 cm³/mol. The largest absolute Gasteiger partial charge is 0.328 e. The summed E-state index contributed by atoms with van der Waals surface area (Å²) in [7, 11) is 0. The van der Waals surface area contributed by atoms with Crippen molar-refractivity contribution in [1.29, 1.82) is 0 Å². The molecule has 0 spiro atoms. The molecule has 7 heteroatoms. The van der Waals surface area contributed by atoms with Gasteiger partial charge >= 0.3 is 0 Å². The molecule has 7 nitrogen and oxygen atoms in total. The van der Waals surface area contributed by atoms with Crippen LogP contribution in [0.5, 0.6) is 0 Å². The van der Waals surface area contributed by atoms with Crippen LogP contribution in [-0.2, 0) is 4.79 Å². The van der Waals surface area contributed by atoms with Crippen molar-refractivity contribution in [2.75, 3.05) is 6.54 Å². The summed E-state index contributed by atoms with van der Waals surface area (Å²) in [6.45, 7) is 2.33. The third-order valence-electron chi connectivity index (χ3n) is 2.56. The summed E-state index contributed by atoms with van der Waals surface area (Å²) in [4.78, 5) is 25.0. The molecule has 2 rings (SSSR count). The Bertz CT molecular complexity index is 597. The van der Waals surface area contributed by atoms with Gasteiger partial charge in [-0.1, -0.05) is 12.1 Å². The first-order valence-corrected chi connectivity index (χ1v) is 5.65. The fourth-order valence-corrected chi connectivity index (χ4v) is 1.51. The number of fused-ring (bicyclic) bond motifs is 1. The fourth-order valence-electron chi connectivity index (χ4n) is 1.51. The summed E-state index contributed by atoms with van der Waals surface area (Å²) in [5, 5.41) is 7.90. The lowest BCUT2D eigenvalue weighted by Crippen LogP contribution is -2.27. The van der Waals surface area contributed by atoms with E-state index in [-0.39, 0.29) is 18.0 Å². The first-order chi connectivity index (χ1) is 9.15. The van der Waals surface area contributed by atoms with Gasteiger partial charge in [0.05, 0.1) is 17.2 Å². The van der Waals surface area contributed by atoms with E-state index in [9.17, 15) is 4.79 Å². The van der Waals surface area contributed by atoms with E-state index in [1.807, 2.05) is 25.1 Å². The SMILES string of the molecule is CC(CN)n1cnc2ccccc2c1=O.O=CNO. The Morgan fingerprint density at radius 2 is 2.16 bits per heavy atom. The number of nitrogens with two attached hydrogens (primary N) is 1. The van der Waals surface area contributed by atoms with E-state index >= 15 is 0 Å². The Morgan fingerprint density at radius 3 is 2.74 bits per heavy atom. The zero-order chi connectivity index (χ0) is 14.3. The van der Waals surface area contributed by atoms with Crippen LogP contribution in [0.2, 0.25) is 0 Å². The van der Waals surface area contributed by atoms with Gasteiger partial charge in [-0.15, -0.1) is 0 Å². The topological polar surface area (TPSA) is 110 Å². The molecule has 19 heavy (non-hydrogen) atoms. The smallest absolute Gasteiger partial charge is 0.261 e. The summed E-state index contributed by atoms with van der Waals surface area (Å²) < 4.78 is 1.57. The molecule has 0 radical (unpaired) electrons. The third-order valence-corrected chi connectivity index (χ3v) is 2.56. The maximum Gasteiger partial charge on any atom is 0.261 e. The molecule has 1 aromatic heterocycles. The highest BCUT2D eigenvalue weighted by molar-refractivity contribution is 5.76. The average molecular weight is 264 g/mol. The summed E-state index contributed by atoms with van der Waals surface area (Å²) >= 11 is 0. The van der Waals surface area contributed by atoms with Crippen LogP contribution in [0.25, 0.3) is 10.9 Å². The number of nitrogens with zero attached hydrogens (tertiary/aromatic N) is 2. The molecule has 1 unspecified atom stereocenters. The van der Waals surface area contributed by atoms with E-state index in [0.717, 1.165) is 5.52 Å². The van der Waals surface area contributed by atoms with Gasteiger partial charge in [-0.25, -0.2) is 10.5 Å². The molecule has 1 atom stereocenters. The minimum absolute atomic E-state index is 0.0189. The van der Waals surface area contributed by atoms with E-state index in [2.05, 4.69) is 4.98 Å². The zero-order valence-corrected chi connectivity index (χ0v) is 10.5. The molecule has 4 N–H and O–H groups in total. The number of amides is 1. The molecule has 0 fully saturated rings. The van der Waals surface area contributed by atoms with Gasteiger partial charge in [0.2, 0.25) is 6.41 Å². The molecular weight excluding hydrogens is 248 g/mol. The van der Waals surface area contributed by atoms with Crippen LogP contribution in [0.3, 0.4) is 0 Å². The first-order valence-electron chi connectivity index (χ1n) is 5.65. The summed E-state index contributed by atoms with van der Waals surface area (Å²) in [6.07, 6.45) is 1.74. The van der Waals surface area contributed by atoms with E-state index in [0.29, 0.717) is 11.9 Å². The van der Waals surface area contributed by atoms with Crippen LogP contribution in [0.4, 0.5) is 0 Å². The van der Waals surface area contributed by atoms with E-state index in [1.54, 1.807) is 17.0 Å². The van der Waals surface area contributed by atoms with Crippen molar-refractivity contribution in [3.63, 3.8) is 0 Å². The van der Waals surface area contributed by atoms with Gasteiger partial charge in [0, 0.05) is 12.6 Å². The Labute approximate surface area is 109 Å². The predicted octanol–water partition coefficient (Wildman–Crippen LogP) is 0.0378. The van der Waals surface area contributed by atoms with Gasteiger partial charge in [-0.05, 0) is 19.1 Å². The van der Waals surface area contributed by atoms with Crippen molar-refractivity contribution in [2.45, 2.75) is 13.0 Å². The zero-order valence-electron chi connectivity index (χ0n) is 10.5. The molecule has 0 aliphatic carbocycles. The molecule has 0 aliphatic rings. The quantitative estimate of drug-likeness (QED) is 0.412. The molecule has 102 valence electrons. The first kappa shape index (κ1) is 14.8. The highest BCUT2D eigenvalue weighted by atomic mass is 16.5. The van der Waals surface area contributed by atoms with Gasteiger partial charge < -0.3 is 5.73 Å². The molecule has 0 saturated carbocycles. The van der Waals surface area contributed by atoms with Crippen molar-refractivity contribution >= 4 is 17.3 Å². The van der Waals surface area contributed by atoms with Gasteiger partial charge in [-0.3, -0.25) is 19.4 Å². The Morgan fingerprint density at radius 1 is 1.53 bits per heavy atom. The van der Waals surface area contributed by atoms with Gasteiger partial charge in [0.1, 0.15) is 0 Å². The maximum absolute atomic E-state index is 12.0. The number of hydrogen-bond donors (Lipinski definition) is 3. The number of hydrogen-bond acceptors (Lipinski definition) is 5. The second-order valence-electron chi connectivity index (χ2n) is 3.81. The highest BCUT2D eigenvalue weighted by Crippen LogP contribution is 2.07. The molecular formula is C12H16N4O3. The lowest BCUT2D eigenvalue weighted by Gasteiger charge is -2.12. The summed E-state index contributed by atoms with van der Waals surface area (Å²) in [6, 6.07) is 7.29. The van der Waals surface area contributed by atoms with Gasteiger partial charge in [0.25, 0.3) is 5.56 Å². The van der Waals surface area contributed by atoms with Crippen LogP contribution >= 0.6 is 0 Å². The monoisotopic (exact) mass is 264 g/mol. The second kappa shape index (κ2) is 7.24. The minimum Gasteiger partial charge on any atom is -0.328 e. The third kappa shape index (κ3) is 3.60. The molecule has 0 saturated heterocycles. The second-order valence-corrected chi connectivity index (χ2v) is 3.81. The van der Waals surface area contributed by atoms with Gasteiger partial charge in [0.15, 0.2) is 0 Å². The molecule has 1 aromatic carbocycles. The highest BCUT2D eigenvalue weighted by Gasteiger charge is 2.07. The van der Waals surface area contributed by atoms with Crippen LogP contribution in [-0.4, -0.2) is 27.7 Å². The fraction of sp³-hybridized carbons (Fsp3) is 0.250. The minimum atomic E-state index is -0.0291. The lowest BCUT2D eigenvalue weighted by atomic mass is 10.2. The maximum atomic E-state index is 12.0. The summed E-state index contributed by atoms with van der Waals surface area (Å²) in [5.74, 6) is 0. The Kier molecular flexibility index (Phi) is 5.65. The van der Waals surface area contributed by atoms with Crippen LogP contribution in [0.15, 0.2) is 35.4 Å². The van der Waals surface area contributed by atoms with Gasteiger partial charge in [-0.2, -0.15) is 0 Å². The Hall–Kier alpha value is -2.25. The average Bonchev–Trinajstić information content (AvgIpc) is 2.47. The Balaban J connectivity index is 0.000000399. The van der Waals surface area contributed by atoms with Crippen LogP contribution < -0.4 is 16.8 Å². The molecule has 1 amide bonds. The van der Waals surface area contributed by atoms with Crippen molar-refractivity contribution in [1.82, 2.24) is 15.0 Å². The number of nitrogens with one attached hydrogen (secondary N) is 1. The molecule has 2 aromatic rings. The van der Waals surface area contributed by atoms with E-state index in [1.165, 1.54) is 5.48 Å². The van der Waals surface area contributed by atoms with E-state index in [4.69, 9.17) is 15.7 Å². The van der Waals surface area contributed by atoms with Crippen LogP contribution in [0, 0.1) is 0 Å². The number of benzene rings is 1. The standard InChI is InChI=1S/C11H13N3O.CH3NO2/c1-8(6-12)14-7-13-10-5-3-2-4-9(10)11(14)15;3-1-2-4/h2-5,7-8H,6,12H2,1H3;1,4H,(H,2,3). The lowest BCUT2D eigenvalue weighted by molar-refractivity contribution is -0.116. The molecule has 0 aliphatic heterocycles. The number of rotatable bonds is 3. The molecule has 0 bridgehead atoms. The normalized spacial score (nSPS) is 11.3. The van der Waals surface area contributed by atoms with Crippen molar-refractivity contribution in [2.24, 2.45) is 5.73 Å². The van der Waals surface area contributed by atoms with Crippen molar-refractivity contribution < 1.29 is 10.0 Å². The summed E-state index contributed by atoms with van der Waals surface area (Å²) in [5.41, 5.74) is 7.48. The number of carbonyl (C=O) groups is 1. The molecule has 1 heterocycles. The number of carbonyl (C=O) groups excluding carboxylic acids is 1.